The fourth-order valence-corrected chi connectivity index (χ4v) is 4.31. The van der Waals surface area contributed by atoms with Crippen LogP contribution in [-0.4, -0.2) is 28.1 Å². The van der Waals surface area contributed by atoms with Crippen molar-refractivity contribution in [3.63, 3.8) is 0 Å². The smallest absolute Gasteiger partial charge is 0.238 e. The van der Waals surface area contributed by atoms with Crippen LogP contribution in [0.4, 0.5) is 0 Å². The van der Waals surface area contributed by atoms with E-state index in [1.165, 1.54) is 12.1 Å². The number of hydrogen-bond donors (Lipinski definition) is 2. The van der Waals surface area contributed by atoms with Crippen molar-refractivity contribution in [1.82, 2.24) is 4.72 Å². The lowest BCUT2D eigenvalue weighted by Gasteiger charge is -2.15. The van der Waals surface area contributed by atoms with Crippen LogP contribution in [0.15, 0.2) is 64.3 Å². The quantitative estimate of drug-likeness (QED) is 0.744. The molecule has 0 fully saturated rings. The summed E-state index contributed by atoms with van der Waals surface area (Å²) in [6.45, 7) is 3.28. The number of sulfonamides is 2. The van der Waals surface area contributed by atoms with E-state index in [0.717, 1.165) is 11.1 Å². The van der Waals surface area contributed by atoms with Gasteiger partial charge in [0.1, 0.15) is 11.5 Å². The molecule has 0 heterocycles. The molecule has 0 spiro atoms. The lowest BCUT2D eigenvalue weighted by Crippen LogP contribution is -2.37. The number of benzene rings is 1. The van der Waals surface area contributed by atoms with E-state index in [1.807, 2.05) is 18.2 Å². The Morgan fingerprint density at radius 1 is 1.19 bits per heavy atom. The van der Waals surface area contributed by atoms with Crippen molar-refractivity contribution in [2.24, 2.45) is 5.14 Å². The maximum Gasteiger partial charge on any atom is 0.238 e. The fraction of sp³-hybridized carbons (Fsp3) is 0.333. The molecule has 0 bridgehead atoms. The Labute approximate surface area is 159 Å². The van der Waals surface area contributed by atoms with Crippen molar-refractivity contribution in [3.8, 4) is 5.75 Å². The first-order chi connectivity index (χ1) is 12.5. The maximum atomic E-state index is 12.1. The van der Waals surface area contributed by atoms with Gasteiger partial charge in [0, 0.05) is 12.1 Å². The summed E-state index contributed by atoms with van der Waals surface area (Å²) >= 11 is 0. The highest BCUT2D eigenvalue weighted by Gasteiger charge is 2.27. The number of nitrogens with two attached hydrogens (primary N) is 1. The van der Waals surface area contributed by atoms with Crippen LogP contribution in [0.1, 0.15) is 26.7 Å². The van der Waals surface area contributed by atoms with E-state index in [4.69, 9.17) is 9.88 Å². The fourth-order valence-electron chi connectivity index (χ4n) is 2.91. The minimum Gasteiger partial charge on any atom is -0.458 e. The van der Waals surface area contributed by atoms with Gasteiger partial charge in [-0.3, -0.25) is 0 Å². The van der Waals surface area contributed by atoms with Gasteiger partial charge in [-0.05, 0) is 62.1 Å². The molecule has 3 rings (SSSR count). The first kappa shape index (κ1) is 19.8. The van der Waals surface area contributed by atoms with E-state index in [-0.39, 0.29) is 10.9 Å². The molecule has 1 atom stereocenters. The van der Waals surface area contributed by atoms with Crippen LogP contribution in [0, 0.1) is 0 Å². The Hall–Kier alpha value is -1.94. The SMILES string of the molecule is CC(C)S(=O)(=O)NC1C=C2CC=C(Oc3cccc(S(N)(=O)=O)c3)C=C2C1. The minimum absolute atomic E-state index is 0.0198. The average Bonchev–Trinajstić information content (AvgIpc) is 2.95. The van der Waals surface area contributed by atoms with Gasteiger partial charge in [0.2, 0.25) is 20.0 Å². The summed E-state index contributed by atoms with van der Waals surface area (Å²) in [6.07, 6.45) is 6.83. The van der Waals surface area contributed by atoms with E-state index in [0.29, 0.717) is 24.4 Å². The molecule has 146 valence electrons. The van der Waals surface area contributed by atoms with Crippen LogP contribution < -0.4 is 14.6 Å². The zero-order valence-electron chi connectivity index (χ0n) is 15.0. The Kier molecular flexibility index (Phi) is 5.31. The Bertz CT molecular complexity index is 1050. The zero-order chi connectivity index (χ0) is 19.8. The lowest BCUT2D eigenvalue weighted by molar-refractivity contribution is 0.438. The number of rotatable bonds is 6. The molecule has 27 heavy (non-hydrogen) atoms. The molecular weight excluding hydrogens is 388 g/mol. The monoisotopic (exact) mass is 410 g/mol. The van der Waals surface area contributed by atoms with Crippen LogP contribution in [-0.2, 0) is 20.0 Å². The molecule has 0 aromatic heterocycles. The number of primary sulfonamides is 1. The van der Waals surface area contributed by atoms with Crippen molar-refractivity contribution in [1.29, 1.82) is 0 Å². The van der Waals surface area contributed by atoms with Gasteiger partial charge >= 0.3 is 0 Å². The van der Waals surface area contributed by atoms with Crippen LogP contribution in [0.5, 0.6) is 5.75 Å². The van der Waals surface area contributed by atoms with Crippen LogP contribution in [0.2, 0.25) is 0 Å². The molecule has 1 aromatic carbocycles. The Morgan fingerprint density at radius 3 is 2.59 bits per heavy atom. The number of fused-ring (bicyclic) bond motifs is 1. The van der Waals surface area contributed by atoms with Gasteiger partial charge in [0.05, 0.1) is 10.1 Å². The molecule has 0 aliphatic heterocycles. The highest BCUT2D eigenvalue weighted by atomic mass is 32.2. The first-order valence-corrected chi connectivity index (χ1v) is 11.6. The first-order valence-electron chi connectivity index (χ1n) is 8.48. The number of hydrogen-bond acceptors (Lipinski definition) is 5. The summed E-state index contributed by atoms with van der Waals surface area (Å²) in [5.74, 6) is 0.952. The molecular formula is C18H22N2O5S2. The second-order valence-corrected chi connectivity index (χ2v) is 10.6. The largest absolute Gasteiger partial charge is 0.458 e. The summed E-state index contributed by atoms with van der Waals surface area (Å²) in [7, 11) is -7.15. The zero-order valence-corrected chi connectivity index (χ0v) is 16.7. The molecule has 9 heteroatoms. The standard InChI is InChI=1S/C18H22N2O5S2/c1-12(2)27(23,24)20-15-8-13-6-7-17(10-14(13)9-15)25-16-4-3-5-18(11-16)26(19,21)22/h3-5,7-8,10-12,15,20H,6,9H2,1-2H3,(H2,19,21,22). The molecule has 2 aliphatic carbocycles. The second-order valence-electron chi connectivity index (χ2n) is 6.82. The van der Waals surface area contributed by atoms with Gasteiger partial charge in [-0.1, -0.05) is 12.1 Å². The third-order valence-electron chi connectivity index (χ3n) is 4.40. The molecule has 1 unspecified atom stereocenters. The molecule has 0 saturated heterocycles. The van der Waals surface area contributed by atoms with Crippen molar-refractivity contribution < 1.29 is 21.6 Å². The number of ether oxygens (including phenoxy) is 1. The Balaban J connectivity index is 1.72. The van der Waals surface area contributed by atoms with Crippen molar-refractivity contribution in [2.75, 3.05) is 0 Å². The molecule has 1 aromatic rings. The summed E-state index contributed by atoms with van der Waals surface area (Å²) < 4.78 is 55.5. The van der Waals surface area contributed by atoms with Crippen molar-refractivity contribution in [3.05, 3.63) is 59.4 Å². The molecule has 0 saturated carbocycles. The highest BCUT2D eigenvalue weighted by molar-refractivity contribution is 7.90. The van der Waals surface area contributed by atoms with Crippen LogP contribution >= 0.6 is 0 Å². The average molecular weight is 411 g/mol. The van der Waals surface area contributed by atoms with E-state index in [9.17, 15) is 16.8 Å². The summed E-state index contributed by atoms with van der Waals surface area (Å²) in [5.41, 5.74) is 2.07. The normalized spacial score (nSPS) is 20.0. The van der Waals surface area contributed by atoms with E-state index >= 15 is 0 Å². The Morgan fingerprint density at radius 2 is 1.93 bits per heavy atom. The summed E-state index contributed by atoms with van der Waals surface area (Å²) in [6, 6.07) is 5.71. The van der Waals surface area contributed by atoms with Crippen molar-refractivity contribution in [2.45, 2.75) is 42.9 Å². The summed E-state index contributed by atoms with van der Waals surface area (Å²) in [4.78, 5) is -0.0198. The molecule has 3 N–H and O–H groups in total. The third-order valence-corrected chi connectivity index (χ3v) is 7.18. The maximum absolute atomic E-state index is 12.1. The van der Waals surface area contributed by atoms with Gasteiger partial charge in [-0.25, -0.2) is 26.7 Å². The topological polar surface area (TPSA) is 116 Å². The van der Waals surface area contributed by atoms with Gasteiger partial charge < -0.3 is 4.74 Å². The van der Waals surface area contributed by atoms with Crippen molar-refractivity contribution >= 4 is 20.0 Å². The third kappa shape index (κ3) is 4.67. The molecule has 7 nitrogen and oxygen atoms in total. The summed E-state index contributed by atoms with van der Waals surface area (Å²) in [5, 5.41) is 4.65. The lowest BCUT2D eigenvalue weighted by atomic mass is 10.00. The van der Waals surface area contributed by atoms with Crippen LogP contribution in [0.3, 0.4) is 0 Å². The predicted molar refractivity (Wildman–Crippen MR) is 103 cm³/mol. The molecule has 0 radical (unpaired) electrons. The van der Waals surface area contributed by atoms with Gasteiger partial charge in [-0.2, -0.15) is 0 Å². The number of allylic oxidation sites excluding steroid dienone is 3. The number of nitrogens with one attached hydrogen (secondary N) is 1. The van der Waals surface area contributed by atoms with E-state index in [1.54, 1.807) is 26.0 Å². The van der Waals surface area contributed by atoms with Gasteiger partial charge in [0.15, 0.2) is 0 Å². The second kappa shape index (κ2) is 7.23. The predicted octanol–water partition coefficient (Wildman–Crippen LogP) is 1.95. The van der Waals surface area contributed by atoms with Gasteiger partial charge in [-0.15, -0.1) is 0 Å². The van der Waals surface area contributed by atoms with Gasteiger partial charge in [0.25, 0.3) is 0 Å². The highest BCUT2D eigenvalue weighted by Crippen LogP contribution is 2.34. The van der Waals surface area contributed by atoms with E-state index in [2.05, 4.69) is 4.72 Å². The molecule has 0 amide bonds. The van der Waals surface area contributed by atoms with Crippen LogP contribution in [0.25, 0.3) is 0 Å². The molecule has 2 aliphatic rings. The minimum atomic E-state index is -3.80. The van der Waals surface area contributed by atoms with E-state index < -0.39 is 25.3 Å².